The maximum absolute atomic E-state index is 13.3. The van der Waals surface area contributed by atoms with Crippen LogP contribution in [0.2, 0.25) is 5.02 Å². The van der Waals surface area contributed by atoms with Crippen LogP contribution in [-0.2, 0) is 16.0 Å². The fourth-order valence-corrected chi connectivity index (χ4v) is 3.55. The second kappa shape index (κ2) is 8.03. The highest BCUT2D eigenvalue weighted by Gasteiger charge is 2.37. The summed E-state index contributed by atoms with van der Waals surface area (Å²) < 4.78 is 18.6. The van der Waals surface area contributed by atoms with Gasteiger partial charge in [-0.25, -0.2) is 9.18 Å². The Kier molecular flexibility index (Phi) is 5.85. The van der Waals surface area contributed by atoms with E-state index in [1.807, 2.05) is 13.0 Å². The highest BCUT2D eigenvalue weighted by Crippen LogP contribution is 2.36. The number of hydrogen-bond acceptors (Lipinski definition) is 3. The van der Waals surface area contributed by atoms with Crippen LogP contribution in [0.25, 0.3) is 0 Å². The van der Waals surface area contributed by atoms with Gasteiger partial charge in [0, 0.05) is 17.1 Å². The van der Waals surface area contributed by atoms with Crippen molar-refractivity contribution in [1.29, 1.82) is 0 Å². The van der Waals surface area contributed by atoms with E-state index in [1.54, 1.807) is 49.9 Å². The third-order valence-electron chi connectivity index (χ3n) is 4.70. The lowest BCUT2D eigenvalue weighted by molar-refractivity contribution is -0.121. The Morgan fingerprint density at radius 3 is 2.52 bits per heavy atom. The number of rotatable bonds is 3. The number of carbonyl (C=O) groups excluding carboxylic acids is 2. The molecule has 0 saturated carbocycles. The van der Waals surface area contributed by atoms with E-state index >= 15 is 0 Å². The highest BCUT2D eigenvalue weighted by atomic mass is 35.5. The molecule has 0 spiro atoms. The number of anilines is 1. The van der Waals surface area contributed by atoms with Crippen LogP contribution >= 0.6 is 11.6 Å². The van der Waals surface area contributed by atoms with Gasteiger partial charge >= 0.3 is 6.09 Å². The van der Waals surface area contributed by atoms with Crippen molar-refractivity contribution in [3.05, 3.63) is 64.4 Å². The number of alkyl carbamates (subject to hydrolysis) is 1. The van der Waals surface area contributed by atoms with E-state index < -0.39 is 17.7 Å². The fraction of sp³-hybridized carbons (Fsp3) is 0.364. The normalized spacial score (nSPS) is 17.5. The van der Waals surface area contributed by atoms with Gasteiger partial charge in [-0.15, -0.1) is 0 Å². The number of halogens is 2. The minimum atomic E-state index is -0.776. The minimum Gasteiger partial charge on any atom is -0.444 e. The lowest BCUT2D eigenvalue weighted by Crippen LogP contribution is -2.54. The number of hydrogen-bond donors (Lipinski definition) is 1. The molecule has 0 aliphatic carbocycles. The molecule has 1 heterocycles. The van der Waals surface area contributed by atoms with Gasteiger partial charge in [-0.1, -0.05) is 29.8 Å². The second-order valence-corrected chi connectivity index (χ2v) is 8.55. The monoisotopic (exact) mass is 418 g/mol. The molecule has 1 aliphatic rings. The van der Waals surface area contributed by atoms with Crippen molar-refractivity contribution in [2.75, 3.05) is 4.90 Å². The van der Waals surface area contributed by atoms with E-state index in [2.05, 4.69) is 5.32 Å². The van der Waals surface area contributed by atoms with Crippen LogP contribution in [0.4, 0.5) is 14.9 Å². The zero-order chi connectivity index (χ0) is 21.3. The first kappa shape index (κ1) is 21.1. The number of nitrogens with one attached hydrogen (secondary N) is 1. The predicted octanol–water partition coefficient (Wildman–Crippen LogP) is 5.02. The molecule has 2 amide bonds. The first-order valence-electron chi connectivity index (χ1n) is 9.41. The van der Waals surface area contributed by atoms with Crippen molar-refractivity contribution in [3.8, 4) is 0 Å². The largest absolute Gasteiger partial charge is 0.444 e. The summed E-state index contributed by atoms with van der Waals surface area (Å²) in [6, 6.07) is 10.2. The van der Waals surface area contributed by atoms with Crippen LogP contribution in [0.15, 0.2) is 42.5 Å². The zero-order valence-corrected chi connectivity index (χ0v) is 17.6. The summed E-state index contributed by atoms with van der Waals surface area (Å²) in [6.45, 7) is 7.13. The smallest absolute Gasteiger partial charge is 0.408 e. The van der Waals surface area contributed by atoms with Gasteiger partial charge < -0.3 is 15.0 Å². The van der Waals surface area contributed by atoms with Gasteiger partial charge in [0.2, 0.25) is 0 Å². The Morgan fingerprint density at radius 1 is 1.24 bits per heavy atom. The third-order valence-corrected chi connectivity index (χ3v) is 4.93. The van der Waals surface area contributed by atoms with Gasteiger partial charge in [0.25, 0.3) is 5.91 Å². The molecule has 0 saturated heterocycles. The molecule has 0 radical (unpaired) electrons. The molecule has 0 aromatic heterocycles. The molecule has 29 heavy (non-hydrogen) atoms. The number of carbonyl (C=O) groups is 2. The summed E-state index contributed by atoms with van der Waals surface area (Å²) in [5.41, 5.74) is 1.66. The molecule has 2 aromatic rings. The molecule has 1 N–H and O–H groups in total. The topological polar surface area (TPSA) is 58.6 Å². The van der Waals surface area contributed by atoms with E-state index in [0.717, 1.165) is 11.1 Å². The maximum Gasteiger partial charge on any atom is 0.408 e. The number of fused-ring (bicyclic) bond motifs is 1. The maximum atomic E-state index is 13.3. The Hall–Kier alpha value is -2.60. The standard InChI is InChI=1S/C22H24ClFN2O3/c1-13(14-6-9-17(24)10-7-14)26-19-12-16(23)8-5-15(19)11-18(20(26)27)25-21(28)29-22(2,3)4/h5-10,12-13,18H,11H2,1-4H3,(H,25,28)/t13-,18+/m0/s1. The van der Waals surface area contributed by atoms with Gasteiger partial charge in [-0.05, 0) is 63.1 Å². The molecule has 0 fully saturated rings. The zero-order valence-electron chi connectivity index (χ0n) is 16.8. The van der Waals surface area contributed by atoms with Crippen LogP contribution < -0.4 is 10.2 Å². The summed E-state index contributed by atoms with van der Waals surface area (Å²) in [4.78, 5) is 27.2. The molecule has 0 bridgehead atoms. The Labute approximate surface area is 174 Å². The van der Waals surface area contributed by atoms with E-state index in [0.29, 0.717) is 17.1 Å². The van der Waals surface area contributed by atoms with Crippen molar-refractivity contribution in [3.63, 3.8) is 0 Å². The van der Waals surface area contributed by atoms with Gasteiger partial charge in [0.05, 0.1) is 6.04 Å². The molecule has 1 aliphatic heterocycles. The summed E-state index contributed by atoms with van der Waals surface area (Å²) in [5, 5.41) is 3.19. The third kappa shape index (κ3) is 4.88. The lowest BCUT2D eigenvalue weighted by atomic mass is 9.94. The number of amides is 2. The molecule has 3 rings (SSSR count). The van der Waals surface area contributed by atoms with Crippen molar-refractivity contribution >= 4 is 29.3 Å². The Bertz CT molecular complexity index is 925. The molecule has 2 aromatic carbocycles. The van der Waals surface area contributed by atoms with E-state index in [9.17, 15) is 14.0 Å². The van der Waals surface area contributed by atoms with Crippen LogP contribution in [0, 0.1) is 5.82 Å². The van der Waals surface area contributed by atoms with Crippen LogP contribution in [0.3, 0.4) is 0 Å². The van der Waals surface area contributed by atoms with E-state index in [1.165, 1.54) is 12.1 Å². The molecule has 5 nitrogen and oxygen atoms in total. The highest BCUT2D eigenvalue weighted by molar-refractivity contribution is 6.31. The first-order valence-corrected chi connectivity index (χ1v) is 9.79. The van der Waals surface area contributed by atoms with Crippen LogP contribution in [0.5, 0.6) is 0 Å². The summed E-state index contributed by atoms with van der Waals surface area (Å²) in [6.07, 6.45) is -0.320. The first-order chi connectivity index (χ1) is 13.5. The van der Waals surface area contributed by atoms with Crippen molar-refractivity contribution in [2.45, 2.75) is 51.8 Å². The quantitative estimate of drug-likeness (QED) is 0.761. The minimum absolute atomic E-state index is 0.276. The summed E-state index contributed by atoms with van der Waals surface area (Å²) >= 11 is 6.18. The van der Waals surface area contributed by atoms with E-state index in [-0.39, 0.29) is 17.8 Å². The number of ether oxygens (including phenoxy) is 1. The molecular formula is C22H24ClFN2O3. The molecule has 154 valence electrons. The Morgan fingerprint density at radius 2 is 1.90 bits per heavy atom. The lowest BCUT2D eigenvalue weighted by Gasteiger charge is -2.38. The van der Waals surface area contributed by atoms with Crippen molar-refractivity contribution < 1.29 is 18.7 Å². The molecule has 7 heteroatoms. The summed E-state index contributed by atoms with van der Waals surface area (Å²) in [7, 11) is 0. The number of benzene rings is 2. The fourth-order valence-electron chi connectivity index (χ4n) is 3.38. The average molecular weight is 419 g/mol. The van der Waals surface area contributed by atoms with Crippen molar-refractivity contribution in [1.82, 2.24) is 5.32 Å². The number of nitrogens with zero attached hydrogens (tertiary/aromatic N) is 1. The summed E-state index contributed by atoms with van der Waals surface area (Å²) in [5.74, 6) is -0.624. The van der Waals surface area contributed by atoms with Crippen LogP contribution in [0.1, 0.15) is 44.9 Å². The second-order valence-electron chi connectivity index (χ2n) is 8.11. The predicted molar refractivity (Wildman–Crippen MR) is 111 cm³/mol. The van der Waals surface area contributed by atoms with Gasteiger partial charge in [0.1, 0.15) is 17.5 Å². The SMILES string of the molecule is C[C@@H](c1ccc(F)cc1)N1C(=O)[C@H](NC(=O)OC(C)(C)C)Cc2ccc(Cl)cc21. The molecular weight excluding hydrogens is 395 g/mol. The van der Waals surface area contributed by atoms with E-state index in [4.69, 9.17) is 16.3 Å². The van der Waals surface area contributed by atoms with Crippen molar-refractivity contribution in [2.24, 2.45) is 0 Å². The molecule has 0 unspecified atom stereocenters. The Balaban J connectivity index is 1.94. The van der Waals surface area contributed by atoms with Gasteiger partial charge in [-0.2, -0.15) is 0 Å². The van der Waals surface area contributed by atoms with Gasteiger partial charge in [-0.3, -0.25) is 4.79 Å². The average Bonchev–Trinajstić information content (AvgIpc) is 2.61. The molecule has 2 atom stereocenters. The van der Waals surface area contributed by atoms with Crippen LogP contribution in [-0.4, -0.2) is 23.6 Å². The van der Waals surface area contributed by atoms with Gasteiger partial charge in [0.15, 0.2) is 0 Å².